The molecule has 0 aliphatic carbocycles. The first-order chi connectivity index (χ1) is 17.2. The predicted molar refractivity (Wildman–Crippen MR) is 143 cm³/mol. The third-order valence-corrected chi connectivity index (χ3v) is 5.98. The molecule has 0 aliphatic heterocycles. The van der Waals surface area contributed by atoms with Crippen LogP contribution in [0.15, 0.2) is 114 Å². The van der Waals surface area contributed by atoms with E-state index < -0.39 is 0 Å². The fraction of sp³-hybridized carbons (Fsp3) is 0.0345. The summed E-state index contributed by atoms with van der Waals surface area (Å²) < 4.78 is 7.73. The van der Waals surface area contributed by atoms with E-state index in [2.05, 4.69) is 0 Å². The van der Waals surface area contributed by atoms with Crippen molar-refractivity contribution in [3.8, 4) is 22.7 Å². The smallest absolute Gasteiger partial charge is 0.156 e. The summed E-state index contributed by atoms with van der Waals surface area (Å²) in [6.07, 6.45) is 1.82. The van der Waals surface area contributed by atoms with E-state index in [4.69, 9.17) is 38.0 Å². The molecule has 5 rings (SSSR count). The third-order valence-electron chi connectivity index (χ3n) is 5.40. The highest BCUT2D eigenvalue weighted by molar-refractivity contribution is 6.35. The maximum absolute atomic E-state index is 6.23. The summed E-state index contributed by atoms with van der Waals surface area (Å²) in [6, 6.07) is 35.2. The van der Waals surface area contributed by atoms with Gasteiger partial charge < -0.3 is 4.74 Å². The van der Waals surface area contributed by atoms with Gasteiger partial charge in [-0.3, -0.25) is 0 Å². The first kappa shape index (κ1) is 22.9. The number of aliphatic imine (C=N–C) groups is 1. The number of para-hydroxylation sites is 1. The largest absolute Gasteiger partial charge is 0.489 e. The Hall–Kier alpha value is -3.86. The minimum Gasteiger partial charge on any atom is -0.489 e. The fourth-order valence-corrected chi connectivity index (χ4v) is 4.03. The minimum atomic E-state index is 0.363. The number of nitrogens with zero attached hydrogens (tertiary/aromatic N) is 3. The zero-order valence-corrected chi connectivity index (χ0v) is 20.2. The number of benzene rings is 4. The second kappa shape index (κ2) is 10.6. The Morgan fingerprint density at radius 3 is 2.23 bits per heavy atom. The summed E-state index contributed by atoms with van der Waals surface area (Å²) >= 11 is 12.2. The molecule has 0 amide bonds. The molecule has 0 fully saturated rings. The molecule has 0 bridgehead atoms. The number of hydrogen-bond acceptors (Lipinski definition) is 3. The van der Waals surface area contributed by atoms with Gasteiger partial charge in [0.15, 0.2) is 5.82 Å². The molecular weight excluding hydrogens is 477 g/mol. The van der Waals surface area contributed by atoms with Crippen LogP contribution in [0.3, 0.4) is 0 Å². The molecule has 0 saturated carbocycles. The van der Waals surface area contributed by atoms with Crippen molar-refractivity contribution < 1.29 is 4.74 Å². The Labute approximate surface area is 214 Å². The van der Waals surface area contributed by atoms with Gasteiger partial charge in [0, 0.05) is 33.5 Å². The minimum absolute atomic E-state index is 0.363. The second-order valence-electron chi connectivity index (χ2n) is 7.85. The zero-order chi connectivity index (χ0) is 24.0. The van der Waals surface area contributed by atoms with Gasteiger partial charge in [-0.05, 0) is 54.1 Å². The maximum Gasteiger partial charge on any atom is 0.156 e. The summed E-state index contributed by atoms with van der Waals surface area (Å²) in [6.45, 7) is 0.363. The number of halogens is 2. The fourth-order valence-electron chi connectivity index (χ4n) is 3.56. The molecule has 5 aromatic rings. The lowest BCUT2D eigenvalue weighted by atomic mass is 10.2. The van der Waals surface area contributed by atoms with E-state index in [1.807, 2.05) is 108 Å². The first-order valence-electron chi connectivity index (χ1n) is 11.1. The number of hydrogen-bond donors (Lipinski definition) is 0. The number of ether oxygens (including phenoxy) is 1. The highest BCUT2D eigenvalue weighted by atomic mass is 35.5. The van der Waals surface area contributed by atoms with Gasteiger partial charge in [0.25, 0.3) is 0 Å². The van der Waals surface area contributed by atoms with Crippen LogP contribution in [0, 0.1) is 0 Å². The molecule has 0 atom stereocenters. The van der Waals surface area contributed by atoms with Crippen LogP contribution in [-0.2, 0) is 6.61 Å². The molecule has 0 radical (unpaired) electrons. The van der Waals surface area contributed by atoms with E-state index in [1.54, 1.807) is 12.1 Å². The van der Waals surface area contributed by atoms with Crippen LogP contribution < -0.4 is 4.74 Å². The average molecular weight is 498 g/mol. The topological polar surface area (TPSA) is 39.4 Å². The van der Waals surface area contributed by atoms with Crippen molar-refractivity contribution in [2.24, 2.45) is 4.99 Å². The van der Waals surface area contributed by atoms with E-state index in [0.717, 1.165) is 39.6 Å². The third kappa shape index (κ3) is 5.62. The van der Waals surface area contributed by atoms with E-state index in [-0.39, 0.29) is 0 Å². The standard InChI is InChI=1S/C29H21Cl2N3O/c30-24-14-13-23(27(31)17-24)20-35-26-15-11-21(12-16-26)19-32-29-18-28(22-7-3-1-4-8-22)33-34(29)25-9-5-2-6-10-25/h1-19H,20H2. The van der Waals surface area contributed by atoms with E-state index in [1.165, 1.54) is 0 Å². The van der Waals surface area contributed by atoms with E-state index >= 15 is 0 Å². The normalized spacial score (nSPS) is 11.1. The Balaban J connectivity index is 1.35. The molecule has 172 valence electrons. The average Bonchev–Trinajstić information content (AvgIpc) is 3.33. The van der Waals surface area contributed by atoms with Crippen molar-refractivity contribution in [1.29, 1.82) is 0 Å². The van der Waals surface area contributed by atoms with Gasteiger partial charge in [-0.1, -0.05) is 77.8 Å². The van der Waals surface area contributed by atoms with Crippen LogP contribution in [0.2, 0.25) is 10.0 Å². The van der Waals surface area contributed by atoms with Crippen molar-refractivity contribution >= 4 is 35.2 Å². The van der Waals surface area contributed by atoms with Crippen molar-refractivity contribution in [3.05, 3.63) is 130 Å². The highest BCUT2D eigenvalue weighted by Gasteiger charge is 2.10. The van der Waals surface area contributed by atoms with Crippen LogP contribution in [0.4, 0.5) is 5.82 Å². The van der Waals surface area contributed by atoms with Gasteiger partial charge in [0.05, 0.1) is 11.4 Å². The molecule has 4 aromatic carbocycles. The number of aromatic nitrogens is 2. The van der Waals surface area contributed by atoms with Crippen molar-refractivity contribution in [1.82, 2.24) is 9.78 Å². The van der Waals surface area contributed by atoms with Crippen LogP contribution in [-0.4, -0.2) is 16.0 Å². The molecule has 0 N–H and O–H groups in total. The summed E-state index contributed by atoms with van der Waals surface area (Å²) in [4.78, 5) is 4.75. The van der Waals surface area contributed by atoms with Gasteiger partial charge in [0.1, 0.15) is 12.4 Å². The van der Waals surface area contributed by atoms with Crippen LogP contribution in [0.5, 0.6) is 5.75 Å². The van der Waals surface area contributed by atoms with E-state index in [9.17, 15) is 0 Å². The molecule has 0 aliphatic rings. The molecule has 0 saturated heterocycles. The Bertz CT molecular complexity index is 1450. The van der Waals surface area contributed by atoms with Gasteiger partial charge >= 0.3 is 0 Å². The van der Waals surface area contributed by atoms with Gasteiger partial charge in [-0.2, -0.15) is 5.10 Å². The van der Waals surface area contributed by atoms with E-state index in [0.29, 0.717) is 16.7 Å². The molecule has 0 spiro atoms. The van der Waals surface area contributed by atoms with Gasteiger partial charge in [-0.25, -0.2) is 9.67 Å². The van der Waals surface area contributed by atoms with Crippen molar-refractivity contribution in [2.75, 3.05) is 0 Å². The Morgan fingerprint density at radius 1 is 0.800 bits per heavy atom. The molecular formula is C29H21Cl2N3O. The summed E-state index contributed by atoms with van der Waals surface area (Å²) in [5.74, 6) is 1.49. The molecule has 6 heteroatoms. The first-order valence-corrected chi connectivity index (χ1v) is 11.8. The van der Waals surface area contributed by atoms with Crippen LogP contribution >= 0.6 is 23.2 Å². The second-order valence-corrected chi connectivity index (χ2v) is 8.70. The number of rotatable bonds is 7. The SMILES string of the molecule is Clc1ccc(COc2ccc(C=Nc3cc(-c4ccccc4)nn3-c3ccccc3)cc2)c(Cl)c1. The summed E-state index contributed by atoms with van der Waals surface area (Å²) in [5.41, 5.74) is 4.69. The van der Waals surface area contributed by atoms with Crippen LogP contribution in [0.25, 0.3) is 16.9 Å². The van der Waals surface area contributed by atoms with Crippen molar-refractivity contribution in [2.45, 2.75) is 6.61 Å². The molecule has 4 nitrogen and oxygen atoms in total. The molecule has 0 unspecified atom stereocenters. The zero-order valence-electron chi connectivity index (χ0n) is 18.7. The van der Waals surface area contributed by atoms with Crippen LogP contribution in [0.1, 0.15) is 11.1 Å². The predicted octanol–water partition coefficient (Wildman–Crippen LogP) is 8.18. The monoisotopic (exact) mass is 497 g/mol. The Morgan fingerprint density at radius 2 is 1.51 bits per heavy atom. The quantitative estimate of drug-likeness (QED) is 0.212. The lowest BCUT2D eigenvalue weighted by molar-refractivity contribution is 0.306. The molecule has 1 aromatic heterocycles. The highest BCUT2D eigenvalue weighted by Crippen LogP contribution is 2.27. The summed E-state index contributed by atoms with van der Waals surface area (Å²) in [5, 5.41) is 6.00. The lowest BCUT2D eigenvalue weighted by Gasteiger charge is -2.08. The van der Waals surface area contributed by atoms with Gasteiger partial charge in [-0.15, -0.1) is 0 Å². The van der Waals surface area contributed by atoms with Crippen molar-refractivity contribution in [3.63, 3.8) is 0 Å². The summed E-state index contributed by atoms with van der Waals surface area (Å²) in [7, 11) is 0. The maximum atomic E-state index is 6.23. The molecule has 1 heterocycles. The Kier molecular flexibility index (Phi) is 6.94. The van der Waals surface area contributed by atoms with Gasteiger partial charge in [0.2, 0.25) is 0 Å². The lowest BCUT2D eigenvalue weighted by Crippen LogP contribution is -1.97. The molecule has 35 heavy (non-hydrogen) atoms.